The van der Waals surface area contributed by atoms with Gasteiger partial charge in [-0.25, -0.2) is 0 Å². The van der Waals surface area contributed by atoms with Gasteiger partial charge in [0.2, 0.25) is 5.43 Å². The summed E-state index contributed by atoms with van der Waals surface area (Å²) < 4.78 is 13.8. The molecule has 1 N–H and O–H groups in total. The summed E-state index contributed by atoms with van der Waals surface area (Å²) in [5, 5.41) is 9.74. The molecule has 5 nitrogen and oxygen atoms in total. The molecule has 148 valence electrons. The topological polar surface area (TPSA) is 60.7 Å². The Hall–Kier alpha value is -1.89. The van der Waals surface area contributed by atoms with Gasteiger partial charge >= 0.3 is 0 Å². The van der Waals surface area contributed by atoms with E-state index in [1.54, 1.807) is 6.20 Å². The quantitative estimate of drug-likeness (QED) is 0.695. The van der Waals surface area contributed by atoms with Crippen molar-refractivity contribution in [1.82, 2.24) is 4.57 Å². The maximum absolute atomic E-state index is 12.3. The zero-order valence-electron chi connectivity index (χ0n) is 17.0. The SMILES string of the molecule is CC(C)(C)[Si](C)(C)OCCn1cc(OCc2ccccc2)c(=O)cc1CO. The summed E-state index contributed by atoms with van der Waals surface area (Å²) >= 11 is 0. The highest BCUT2D eigenvalue weighted by molar-refractivity contribution is 6.74. The van der Waals surface area contributed by atoms with Crippen LogP contribution in [-0.4, -0.2) is 24.6 Å². The molecule has 27 heavy (non-hydrogen) atoms. The van der Waals surface area contributed by atoms with Crippen LogP contribution in [0, 0.1) is 0 Å². The number of aliphatic hydroxyl groups excluding tert-OH is 1. The van der Waals surface area contributed by atoms with E-state index in [-0.39, 0.29) is 22.8 Å². The fourth-order valence-corrected chi connectivity index (χ4v) is 3.43. The standard InChI is InChI=1S/C21H31NO4Si/c1-21(2,3)27(4,5)26-12-11-22-14-20(19(24)13-18(22)15-23)25-16-17-9-7-6-8-10-17/h6-10,13-14,23H,11-12,15-16H2,1-5H3. The normalized spacial score (nSPS) is 12.2. The van der Waals surface area contributed by atoms with Crippen molar-refractivity contribution in [1.29, 1.82) is 0 Å². The van der Waals surface area contributed by atoms with Gasteiger partial charge in [-0.1, -0.05) is 51.1 Å². The number of hydrogen-bond donors (Lipinski definition) is 1. The van der Waals surface area contributed by atoms with E-state index in [1.807, 2.05) is 34.9 Å². The van der Waals surface area contributed by atoms with Crippen LogP contribution in [0.25, 0.3) is 0 Å². The molecule has 6 heteroatoms. The Labute approximate surface area is 162 Å². The summed E-state index contributed by atoms with van der Waals surface area (Å²) in [7, 11) is -1.84. The van der Waals surface area contributed by atoms with Gasteiger partial charge in [-0.15, -0.1) is 0 Å². The molecule has 2 aromatic rings. The second-order valence-corrected chi connectivity index (χ2v) is 13.0. The van der Waals surface area contributed by atoms with Gasteiger partial charge < -0.3 is 18.8 Å². The zero-order chi connectivity index (χ0) is 20.1. The Balaban J connectivity index is 2.10. The predicted molar refractivity (Wildman–Crippen MR) is 111 cm³/mol. The number of benzene rings is 1. The number of nitrogens with zero attached hydrogens (tertiary/aromatic N) is 1. The molecule has 0 saturated carbocycles. The van der Waals surface area contributed by atoms with Gasteiger partial charge in [0, 0.05) is 18.3 Å². The molecular formula is C21H31NO4Si. The van der Waals surface area contributed by atoms with E-state index in [0.717, 1.165) is 5.56 Å². The molecule has 1 heterocycles. The number of ether oxygens (including phenoxy) is 1. The molecule has 0 atom stereocenters. The zero-order valence-corrected chi connectivity index (χ0v) is 18.0. The Bertz CT molecular complexity index is 794. The molecule has 0 aliphatic carbocycles. The molecule has 1 aromatic carbocycles. The van der Waals surface area contributed by atoms with E-state index >= 15 is 0 Å². The minimum Gasteiger partial charge on any atom is -0.483 e. The molecule has 0 unspecified atom stereocenters. The van der Waals surface area contributed by atoms with Gasteiger partial charge in [0.15, 0.2) is 14.1 Å². The van der Waals surface area contributed by atoms with E-state index in [1.165, 1.54) is 6.07 Å². The number of rotatable bonds is 8. The fourth-order valence-electron chi connectivity index (χ4n) is 2.40. The van der Waals surface area contributed by atoms with Crippen LogP contribution in [0.3, 0.4) is 0 Å². The largest absolute Gasteiger partial charge is 0.483 e. The van der Waals surface area contributed by atoms with Crippen LogP contribution in [0.1, 0.15) is 32.0 Å². The van der Waals surface area contributed by atoms with Gasteiger partial charge in [0.1, 0.15) is 6.61 Å². The minimum atomic E-state index is -1.84. The Morgan fingerprint density at radius 1 is 1.15 bits per heavy atom. The van der Waals surface area contributed by atoms with Gasteiger partial charge in [-0.3, -0.25) is 4.79 Å². The highest BCUT2D eigenvalue weighted by Crippen LogP contribution is 2.36. The van der Waals surface area contributed by atoms with E-state index in [4.69, 9.17) is 9.16 Å². The lowest BCUT2D eigenvalue weighted by Gasteiger charge is -2.36. The lowest BCUT2D eigenvalue weighted by atomic mass is 10.2. The summed E-state index contributed by atoms with van der Waals surface area (Å²) in [5.41, 5.74) is 1.33. The average Bonchev–Trinajstić information content (AvgIpc) is 2.61. The molecule has 0 aliphatic heterocycles. The van der Waals surface area contributed by atoms with Crippen LogP contribution in [0.15, 0.2) is 47.4 Å². The molecule has 0 bridgehead atoms. The highest BCUT2D eigenvalue weighted by atomic mass is 28.4. The van der Waals surface area contributed by atoms with E-state index in [9.17, 15) is 9.90 Å². The van der Waals surface area contributed by atoms with Crippen molar-refractivity contribution in [2.45, 2.75) is 58.7 Å². The van der Waals surface area contributed by atoms with E-state index in [0.29, 0.717) is 25.5 Å². The second kappa shape index (κ2) is 8.86. The second-order valence-electron chi connectivity index (χ2n) is 8.23. The predicted octanol–water partition coefficient (Wildman–Crippen LogP) is 3.94. The van der Waals surface area contributed by atoms with Crippen LogP contribution >= 0.6 is 0 Å². The first-order valence-corrected chi connectivity index (χ1v) is 12.2. The van der Waals surface area contributed by atoms with Crippen molar-refractivity contribution in [3.05, 3.63) is 64.1 Å². The maximum Gasteiger partial charge on any atom is 0.223 e. The van der Waals surface area contributed by atoms with Crippen LogP contribution in [0.2, 0.25) is 18.1 Å². The van der Waals surface area contributed by atoms with Crippen LogP contribution in [0.5, 0.6) is 5.75 Å². The Morgan fingerprint density at radius 3 is 2.41 bits per heavy atom. The number of aliphatic hydroxyl groups is 1. The molecular weight excluding hydrogens is 358 g/mol. The van der Waals surface area contributed by atoms with Crippen molar-refractivity contribution in [2.75, 3.05) is 6.61 Å². The smallest absolute Gasteiger partial charge is 0.223 e. The third-order valence-corrected chi connectivity index (χ3v) is 9.72. The first-order valence-electron chi connectivity index (χ1n) is 9.29. The Kier molecular flexibility index (Phi) is 7.03. The first-order chi connectivity index (χ1) is 12.6. The molecule has 1 aromatic heterocycles. The van der Waals surface area contributed by atoms with Gasteiger partial charge in [-0.05, 0) is 23.7 Å². The van der Waals surface area contributed by atoms with Crippen molar-refractivity contribution < 1.29 is 14.3 Å². The molecule has 2 rings (SSSR count). The minimum absolute atomic E-state index is 0.139. The number of pyridine rings is 1. The van der Waals surface area contributed by atoms with Crippen molar-refractivity contribution >= 4 is 8.32 Å². The molecule has 0 aliphatic rings. The lowest BCUT2D eigenvalue weighted by molar-refractivity contribution is 0.245. The van der Waals surface area contributed by atoms with Gasteiger partial charge in [-0.2, -0.15) is 0 Å². The maximum atomic E-state index is 12.3. The third kappa shape index (κ3) is 5.79. The van der Waals surface area contributed by atoms with Gasteiger partial charge in [0.25, 0.3) is 0 Å². The summed E-state index contributed by atoms with van der Waals surface area (Å²) in [6.45, 7) is 12.2. The molecule has 0 saturated heterocycles. The van der Waals surface area contributed by atoms with Crippen molar-refractivity contribution in [3.8, 4) is 5.75 Å². The van der Waals surface area contributed by atoms with Crippen molar-refractivity contribution in [3.63, 3.8) is 0 Å². The van der Waals surface area contributed by atoms with E-state index < -0.39 is 8.32 Å². The molecule has 0 radical (unpaired) electrons. The number of hydrogen-bond acceptors (Lipinski definition) is 4. The molecule has 0 amide bonds. The summed E-state index contributed by atoms with van der Waals surface area (Å²) in [5.74, 6) is 0.281. The van der Waals surface area contributed by atoms with E-state index in [2.05, 4.69) is 33.9 Å². The Morgan fingerprint density at radius 2 is 1.81 bits per heavy atom. The fraction of sp³-hybridized carbons (Fsp3) is 0.476. The molecule has 0 fully saturated rings. The summed E-state index contributed by atoms with van der Waals surface area (Å²) in [6.07, 6.45) is 1.67. The molecule has 0 spiro atoms. The summed E-state index contributed by atoms with van der Waals surface area (Å²) in [4.78, 5) is 12.3. The van der Waals surface area contributed by atoms with Crippen LogP contribution in [-0.2, 0) is 24.2 Å². The number of aromatic nitrogens is 1. The van der Waals surface area contributed by atoms with Crippen molar-refractivity contribution in [2.24, 2.45) is 0 Å². The third-order valence-electron chi connectivity index (χ3n) is 5.18. The average molecular weight is 390 g/mol. The first kappa shape index (κ1) is 21.4. The van der Waals surface area contributed by atoms with Crippen LogP contribution < -0.4 is 10.2 Å². The highest BCUT2D eigenvalue weighted by Gasteiger charge is 2.36. The monoisotopic (exact) mass is 389 g/mol. The van der Waals surface area contributed by atoms with Crippen LogP contribution in [0.4, 0.5) is 0 Å². The summed E-state index contributed by atoms with van der Waals surface area (Å²) in [6, 6.07) is 11.1. The lowest BCUT2D eigenvalue weighted by Crippen LogP contribution is -2.41. The van der Waals surface area contributed by atoms with Gasteiger partial charge in [0.05, 0.1) is 19.4 Å².